The number of benzene rings is 1. The molecular weight excluding hydrogens is 292 g/mol. The van der Waals surface area contributed by atoms with Gasteiger partial charge < -0.3 is 15.3 Å². The number of rotatable bonds is 4. The standard InChI is InChI=1S/C18H26N2O3/c1-12-9-13(2)16(14(3)10-12)6-7-19-18(23)20-8-4-5-15(11-20)17(21)22/h9-10,15H,4-8,11H2,1-3H3,(H,19,23)(H,21,22). The molecule has 2 rings (SSSR count). The first-order valence-electron chi connectivity index (χ1n) is 8.20. The number of amides is 2. The molecule has 1 aromatic rings. The first kappa shape index (κ1) is 17.3. The topological polar surface area (TPSA) is 69.6 Å². The Labute approximate surface area is 137 Å². The molecule has 0 aliphatic carbocycles. The molecule has 23 heavy (non-hydrogen) atoms. The van der Waals surface area contributed by atoms with Crippen LogP contribution in [0.1, 0.15) is 35.1 Å². The lowest BCUT2D eigenvalue weighted by molar-refractivity contribution is -0.143. The van der Waals surface area contributed by atoms with E-state index in [1.807, 2.05) is 0 Å². The number of nitrogens with zero attached hydrogens (tertiary/aromatic N) is 1. The van der Waals surface area contributed by atoms with Crippen LogP contribution in [-0.4, -0.2) is 41.6 Å². The van der Waals surface area contributed by atoms with Crippen molar-refractivity contribution in [2.75, 3.05) is 19.6 Å². The molecule has 1 fully saturated rings. The van der Waals surface area contributed by atoms with Crippen LogP contribution in [0.3, 0.4) is 0 Å². The lowest BCUT2D eigenvalue weighted by Crippen LogP contribution is -2.47. The van der Waals surface area contributed by atoms with E-state index in [-0.39, 0.29) is 6.03 Å². The van der Waals surface area contributed by atoms with Gasteiger partial charge in [-0.1, -0.05) is 17.7 Å². The van der Waals surface area contributed by atoms with Crippen LogP contribution < -0.4 is 5.32 Å². The number of urea groups is 1. The number of hydrogen-bond donors (Lipinski definition) is 2. The molecule has 0 aromatic heterocycles. The van der Waals surface area contributed by atoms with Crippen LogP contribution in [0.25, 0.3) is 0 Å². The van der Waals surface area contributed by atoms with Gasteiger partial charge in [-0.05, 0) is 56.7 Å². The summed E-state index contributed by atoms with van der Waals surface area (Å²) in [7, 11) is 0. The Morgan fingerprint density at radius 2 is 1.91 bits per heavy atom. The van der Waals surface area contributed by atoms with Gasteiger partial charge in [-0.3, -0.25) is 4.79 Å². The van der Waals surface area contributed by atoms with Crippen molar-refractivity contribution in [3.05, 3.63) is 34.4 Å². The van der Waals surface area contributed by atoms with E-state index in [2.05, 4.69) is 38.2 Å². The zero-order chi connectivity index (χ0) is 17.0. The fourth-order valence-electron chi connectivity index (χ4n) is 3.37. The summed E-state index contributed by atoms with van der Waals surface area (Å²) in [5, 5.41) is 12.0. The Hall–Kier alpha value is -2.04. The van der Waals surface area contributed by atoms with Crippen molar-refractivity contribution in [2.24, 2.45) is 5.92 Å². The maximum Gasteiger partial charge on any atom is 0.317 e. The van der Waals surface area contributed by atoms with E-state index in [1.54, 1.807) is 4.90 Å². The molecule has 1 aliphatic rings. The quantitative estimate of drug-likeness (QED) is 0.896. The molecule has 0 radical (unpaired) electrons. The van der Waals surface area contributed by atoms with E-state index < -0.39 is 11.9 Å². The van der Waals surface area contributed by atoms with Crippen molar-refractivity contribution in [1.29, 1.82) is 0 Å². The van der Waals surface area contributed by atoms with E-state index in [9.17, 15) is 9.59 Å². The predicted molar refractivity (Wildman–Crippen MR) is 89.7 cm³/mol. The van der Waals surface area contributed by atoms with Crippen LogP contribution in [0.2, 0.25) is 0 Å². The molecule has 5 heteroatoms. The fraction of sp³-hybridized carbons (Fsp3) is 0.556. The third-order valence-corrected chi connectivity index (χ3v) is 4.55. The molecule has 0 spiro atoms. The minimum Gasteiger partial charge on any atom is -0.481 e. The minimum absolute atomic E-state index is 0.154. The van der Waals surface area contributed by atoms with Gasteiger partial charge in [0.2, 0.25) is 0 Å². The van der Waals surface area contributed by atoms with Crippen LogP contribution in [0, 0.1) is 26.7 Å². The van der Waals surface area contributed by atoms with Gasteiger partial charge in [-0.25, -0.2) is 4.79 Å². The summed E-state index contributed by atoms with van der Waals surface area (Å²) in [6.45, 7) is 7.79. The number of carboxylic acid groups (broad SMARTS) is 1. The summed E-state index contributed by atoms with van der Waals surface area (Å²) in [6.07, 6.45) is 2.20. The fourth-order valence-corrected chi connectivity index (χ4v) is 3.37. The van der Waals surface area contributed by atoms with Gasteiger partial charge >= 0.3 is 12.0 Å². The summed E-state index contributed by atoms with van der Waals surface area (Å²) in [5.41, 5.74) is 5.03. The van der Waals surface area contributed by atoms with Gasteiger partial charge in [0, 0.05) is 19.6 Å². The second-order valence-electron chi connectivity index (χ2n) is 6.48. The van der Waals surface area contributed by atoms with E-state index in [0.717, 1.165) is 12.8 Å². The molecule has 1 aromatic carbocycles. The molecule has 0 saturated carbocycles. The Bertz CT molecular complexity index is 575. The average molecular weight is 318 g/mol. The Morgan fingerprint density at radius 3 is 2.52 bits per heavy atom. The zero-order valence-electron chi connectivity index (χ0n) is 14.2. The monoisotopic (exact) mass is 318 g/mol. The highest BCUT2D eigenvalue weighted by Gasteiger charge is 2.27. The Kier molecular flexibility index (Phi) is 5.64. The highest BCUT2D eigenvalue weighted by Crippen LogP contribution is 2.18. The van der Waals surface area contributed by atoms with Gasteiger partial charge in [0.25, 0.3) is 0 Å². The molecule has 5 nitrogen and oxygen atoms in total. The molecule has 126 valence electrons. The van der Waals surface area contributed by atoms with Crippen LogP contribution in [0.15, 0.2) is 12.1 Å². The molecule has 1 atom stereocenters. The average Bonchev–Trinajstić information content (AvgIpc) is 2.49. The largest absolute Gasteiger partial charge is 0.481 e. The third-order valence-electron chi connectivity index (χ3n) is 4.55. The first-order valence-corrected chi connectivity index (χ1v) is 8.20. The number of piperidine rings is 1. The van der Waals surface area contributed by atoms with Crippen molar-refractivity contribution in [1.82, 2.24) is 10.2 Å². The molecule has 1 saturated heterocycles. The smallest absolute Gasteiger partial charge is 0.317 e. The number of carboxylic acids is 1. The van der Waals surface area contributed by atoms with Crippen molar-refractivity contribution in [2.45, 2.75) is 40.0 Å². The summed E-state index contributed by atoms with van der Waals surface area (Å²) >= 11 is 0. The number of carbonyl (C=O) groups is 2. The number of aryl methyl sites for hydroxylation is 3. The summed E-state index contributed by atoms with van der Waals surface area (Å²) < 4.78 is 0. The predicted octanol–water partition coefficient (Wildman–Crippen LogP) is 2.66. The number of hydrogen-bond acceptors (Lipinski definition) is 2. The maximum absolute atomic E-state index is 12.2. The van der Waals surface area contributed by atoms with Crippen molar-refractivity contribution in [3.8, 4) is 0 Å². The number of likely N-dealkylation sites (tertiary alicyclic amines) is 1. The highest BCUT2D eigenvalue weighted by molar-refractivity contribution is 5.76. The number of aliphatic carboxylic acids is 1. The maximum atomic E-state index is 12.2. The molecule has 2 N–H and O–H groups in total. The summed E-state index contributed by atoms with van der Waals surface area (Å²) in [6, 6.07) is 4.16. The van der Waals surface area contributed by atoms with E-state index in [4.69, 9.17) is 5.11 Å². The van der Waals surface area contributed by atoms with Crippen LogP contribution in [-0.2, 0) is 11.2 Å². The van der Waals surface area contributed by atoms with E-state index in [0.29, 0.717) is 26.1 Å². The van der Waals surface area contributed by atoms with Gasteiger partial charge in [0.05, 0.1) is 5.92 Å². The molecule has 1 aliphatic heterocycles. The second-order valence-corrected chi connectivity index (χ2v) is 6.48. The van der Waals surface area contributed by atoms with E-state index >= 15 is 0 Å². The molecule has 2 amide bonds. The normalized spacial score (nSPS) is 17.9. The summed E-state index contributed by atoms with van der Waals surface area (Å²) in [5.74, 6) is -1.25. The summed E-state index contributed by atoms with van der Waals surface area (Å²) in [4.78, 5) is 24.9. The van der Waals surface area contributed by atoms with E-state index in [1.165, 1.54) is 22.3 Å². The zero-order valence-corrected chi connectivity index (χ0v) is 14.2. The SMILES string of the molecule is Cc1cc(C)c(CCNC(=O)N2CCCC(C(=O)O)C2)c(C)c1. The van der Waals surface area contributed by atoms with Gasteiger partial charge in [0.1, 0.15) is 0 Å². The molecule has 0 bridgehead atoms. The lowest BCUT2D eigenvalue weighted by atomic mass is 9.97. The van der Waals surface area contributed by atoms with Gasteiger partial charge in [0.15, 0.2) is 0 Å². The third kappa shape index (κ3) is 4.47. The van der Waals surface area contributed by atoms with Crippen LogP contribution in [0.5, 0.6) is 0 Å². The van der Waals surface area contributed by atoms with Crippen molar-refractivity contribution >= 4 is 12.0 Å². The minimum atomic E-state index is -0.812. The Balaban J connectivity index is 1.87. The van der Waals surface area contributed by atoms with Crippen LogP contribution in [0.4, 0.5) is 4.79 Å². The number of nitrogens with one attached hydrogen (secondary N) is 1. The van der Waals surface area contributed by atoms with Crippen LogP contribution >= 0.6 is 0 Å². The van der Waals surface area contributed by atoms with Gasteiger partial charge in [-0.15, -0.1) is 0 Å². The lowest BCUT2D eigenvalue weighted by Gasteiger charge is -2.30. The highest BCUT2D eigenvalue weighted by atomic mass is 16.4. The van der Waals surface area contributed by atoms with Crippen molar-refractivity contribution in [3.63, 3.8) is 0 Å². The molecular formula is C18H26N2O3. The molecule has 1 unspecified atom stereocenters. The molecule has 1 heterocycles. The second kappa shape index (κ2) is 7.49. The van der Waals surface area contributed by atoms with Gasteiger partial charge in [-0.2, -0.15) is 0 Å². The van der Waals surface area contributed by atoms with Crippen molar-refractivity contribution < 1.29 is 14.7 Å². The number of carbonyl (C=O) groups excluding carboxylic acids is 1. The Morgan fingerprint density at radius 1 is 1.26 bits per heavy atom. The first-order chi connectivity index (χ1) is 10.9.